The van der Waals surface area contributed by atoms with E-state index in [0.717, 1.165) is 21.6 Å². The van der Waals surface area contributed by atoms with Crippen molar-refractivity contribution in [3.63, 3.8) is 0 Å². The number of pyridine rings is 1. The quantitative estimate of drug-likeness (QED) is 0.362. The lowest BCUT2D eigenvalue weighted by Crippen LogP contribution is -2.41. The van der Waals surface area contributed by atoms with Crippen molar-refractivity contribution in [1.82, 2.24) is 4.98 Å². The summed E-state index contributed by atoms with van der Waals surface area (Å²) in [6.45, 7) is 8.37. The zero-order chi connectivity index (χ0) is 18.8. The Balaban J connectivity index is 1.87. The predicted molar refractivity (Wildman–Crippen MR) is 112 cm³/mol. The lowest BCUT2D eigenvalue weighted by molar-refractivity contribution is 0.00578. The largest absolute Gasteiger partial charge is 0.495 e. The average Bonchev–Trinajstić information content (AvgIpc) is 2.87. The Hall–Kier alpha value is -2.43. The van der Waals surface area contributed by atoms with Crippen molar-refractivity contribution in [3.05, 3.63) is 60.9 Å². The highest BCUT2D eigenvalue weighted by Crippen LogP contribution is 2.38. The SMILES string of the molecule is CC1(C)OB(c2cc3ccncc3c3c2ccc2ccccc23)OC1(C)C. The third-order valence-electron chi connectivity index (χ3n) is 6.18. The minimum atomic E-state index is -0.392. The van der Waals surface area contributed by atoms with E-state index < -0.39 is 7.12 Å². The first-order valence-electron chi connectivity index (χ1n) is 9.41. The first kappa shape index (κ1) is 16.7. The number of nitrogens with zero attached hydrogens (tertiary/aromatic N) is 1. The molecule has 0 radical (unpaired) electrons. The first-order chi connectivity index (χ1) is 12.9. The molecule has 0 amide bonds. The van der Waals surface area contributed by atoms with Gasteiger partial charge in [-0.15, -0.1) is 0 Å². The summed E-state index contributed by atoms with van der Waals surface area (Å²) in [5, 5.41) is 7.13. The van der Waals surface area contributed by atoms with Crippen LogP contribution in [-0.2, 0) is 9.31 Å². The minimum absolute atomic E-state index is 0.367. The number of hydrogen-bond acceptors (Lipinski definition) is 3. The van der Waals surface area contributed by atoms with E-state index in [9.17, 15) is 0 Å². The molecule has 2 heterocycles. The van der Waals surface area contributed by atoms with Crippen molar-refractivity contribution < 1.29 is 9.31 Å². The molecular weight excluding hydrogens is 333 g/mol. The second-order valence-electron chi connectivity index (χ2n) is 8.36. The van der Waals surface area contributed by atoms with Crippen LogP contribution in [0.3, 0.4) is 0 Å². The molecule has 4 heteroatoms. The molecule has 0 atom stereocenters. The van der Waals surface area contributed by atoms with Gasteiger partial charge >= 0.3 is 7.12 Å². The second-order valence-corrected chi connectivity index (χ2v) is 8.36. The van der Waals surface area contributed by atoms with Crippen LogP contribution in [-0.4, -0.2) is 23.3 Å². The molecule has 0 saturated carbocycles. The van der Waals surface area contributed by atoms with Gasteiger partial charge in [0, 0.05) is 17.8 Å². The summed E-state index contributed by atoms with van der Waals surface area (Å²) in [6.07, 6.45) is 3.80. The molecular formula is C23H22BNO2. The van der Waals surface area contributed by atoms with Crippen LogP contribution in [0.1, 0.15) is 27.7 Å². The summed E-state index contributed by atoms with van der Waals surface area (Å²) in [4.78, 5) is 4.38. The zero-order valence-electron chi connectivity index (χ0n) is 16.1. The lowest BCUT2D eigenvalue weighted by Gasteiger charge is -2.32. The van der Waals surface area contributed by atoms with Gasteiger partial charge in [0.15, 0.2) is 0 Å². The predicted octanol–water partition coefficient (Wildman–Crippen LogP) is 4.84. The van der Waals surface area contributed by atoms with Gasteiger partial charge in [0.2, 0.25) is 0 Å². The molecule has 27 heavy (non-hydrogen) atoms. The molecule has 4 aromatic rings. The van der Waals surface area contributed by atoms with Gasteiger partial charge in [-0.1, -0.05) is 42.5 Å². The van der Waals surface area contributed by atoms with Gasteiger partial charge in [-0.25, -0.2) is 0 Å². The monoisotopic (exact) mass is 355 g/mol. The summed E-state index contributed by atoms with van der Waals surface area (Å²) < 4.78 is 12.8. The van der Waals surface area contributed by atoms with E-state index in [4.69, 9.17) is 9.31 Å². The van der Waals surface area contributed by atoms with E-state index in [-0.39, 0.29) is 11.2 Å². The Bertz CT molecular complexity index is 1170. The Morgan fingerprint density at radius 1 is 0.778 bits per heavy atom. The highest BCUT2D eigenvalue weighted by atomic mass is 16.7. The van der Waals surface area contributed by atoms with Gasteiger partial charge in [0.25, 0.3) is 0 Å². The number of hydrogen-bond donors (Lipinski definition) is 0. The fourth-order valence-corrected chi connectivity index (χ4v) is 3.95. The highest BCUT2D eigenvalue weighted by molar-refractivity contribution is 6.66. The molecule has 1 saturated heterocycles. The van der Waals surface area contributed by atoms with Gasteiger partial charge in [-0.2, -0.15) is 0 Å². The molecule has 3 nitrogen and oxygen atoms in total. The molecule has 3 aromatic carbocycles. The maximum atomic E-state index is 6.38. The zero-order valence-corrected chi connectivity index (χ0v) is 16.1. The normalized spacial score (nSPS) is 18.6. The summed E-state index contributed by atoms with van der Waals surface area (Å²) in [7, 11) is -0.392. The molecule has 134 valence electrons. The van der Waals surface area contributed by atoms with E-state index in [1.54, 1.807) is 0 Å². The van der Waals surface area contributed by atoms with Gasteiger partial charge in [0.1, 0.15) is 0 Å². The summed E-state index contributed by atoms with van der Waals surface area (Å²) in [6, 6.07) is 17.1. The second kappa shape index (κ2) is 5.54. The lowest BCUT2D eigenvalue weighted by atomic mass is 9.74. The Morgan fingerprint density at radius 2 is 1.52 bits per heavy atom. The molecule has 1 aliphatic heterocycles. The van der Waals surface area contributed by atoms with E-state index in [0.29, 0.717) is 0 Å². The van der Waals surface area contributed by atoms with Crippen LogP contribution in [0.25, 0.3) is 32.3 Å². The van der Waals surface area contributed by atoms with Gasteiger partial charge in [0.05, 0.1) is 11.2 Å². The topological polar surface area (TPSA) is 31.4 Å². The van der Waals surface area contributed by atoms with Crippen LogP contribution < -0.4 is 5.46 Å². The molecule has 0 bridgehead atoms. The van der Waals surface area contributed by atoms with E-state index in [1.165, 1.54) is 16.2 Å². The first-order valence-corrected chi connectivity index (χ1v) is 9.41. The molecule has 0 N–H and O–H groups in total. The van der Waals surface area contributed by atoms with E-state index in [2.05, 4.69) is 81.2 Å². The van der Waals surface area contributed by atoms with Gasteiger partial charge < -0.3 is 9.31 Å². The Kier molecular flexibility index (Phi) is 3.43. The standard InChI is InChI=1S/C23H22BNO2/c1-22(2)23(3,4)27-24(26-22)20-13-16-11-12-25-14-19(16)21-17-8-6-5-7-15(17)9-10-18(20)21/h5-14H,1-4H3. The number of fused-ring (bicyclic) bond motifs is 5. The van der Waals surface area contributed by atoms with Gasteiger partial charge in [-0.05, 0) is 66.2 Å². The fourth-order valence-electron chi connectivity index (χ4n) is 3.95. The van der Waals surface area contributed by atoms with Crippen molar-refractivity contribution in [3.8, 4) is 0 Å². The van der Waals surface area contributed by atoms with Crippen LogP contribution >= 0.6 is 0 Å². The van der Waals surface area contributed by atoms with E-state index in [1.807, 2.05) is 12.4 Å². The Morgan fingerprint density at radius 3 is 2.30 bits per heavy atom. The van der Waals surface area contributed by atoms with Crippen molar-refractivity contribution in [2.75, 3.05) is 0 Å². The fraction of sp³-hybridized carbons (Fsp3) is 0.261. The van der Waals surface area contributed by atoms with E-state index >= 15 is 0 Å². The average molecular weight is 355 g/mol. The number of aromatic nitrogens is 1. The molecule has 1 aromatic heterocycles. The summed E-state index contributed by atoms with van der Waals surface area (Å²) in [5.74, 6) is 0. The minimum Gasteiger partial charge on any atom is -0.399 e. The highest BCUT2D eigenvalue weighted by Gasteiger charge is 2.52. The summed E-state index contributed by atoms with van der Waals surface area (Å²) in [5.41, 5.74) is 0.343. The van der Waals surface area contributed by atoms with Crippen molar-refractivity contribution >= 4 is 44.9 Å². The van der Waals surface area contributed by atoms with Crippen LogP contribution in [0.5, 0.6) is 0 Å². The van der Waals surface area contributed by atoms with Crippen molar-refractivity contribution in [2.45, 2.75) is 38.9 Å². The van der Waals surface area contributed by atoms with Crippen LogP contribution in [0.4, 0.5) is 0 Å². The van der Waals surface area contributed by atoms with Crippen molar-refractivity contribution in [2.24, 2.45) is 0 Å². The van der Waals surface area contributed by atoms with Crippen LogP contribution in [0.2, 0.25) is 0 Å². The summed E-state index contributed by atoms with van der Waals surface area (Å²) >= 11 is 0. The molecule has 1 aliphatic rings. The smallest absolute Gasteiger partial charge is 0.399 e. The molecule has 0 aliphatic carbocycles. The van der Waals surface area contributed by atoms with Crippen molar-refractivity contribution in [1.29, 1.82) is 0 Å². The molecule has 0 unspecified atom stereocenters. The van der Waals surface area contributed by atoms with Crippen LogP contribution in [0, 0.1) is 0 Å². The third kappa shape index (κ3) is 2.40. The maximum absolute atomic E-state index is 6.38. The Labute approximate surface area is 159 Å². The molecule has 5 rings (SSSR count). The number of rotatable bonds is 1. The third-order valence-corrected chi connectivity index (χ3v) is 6.18. The van der Waals surface area contributed by atoms with Crippen LogP contribution in [0.15, 0.2) is 60.9 Å². The maximum Gasteiger partial charge on any atom is 0.495 e. The van der Waals surface area contributed by atoms with Gasteiger partial charge in [-0.3, -0.25) is 4.98 Å². The molecule has 0 spiro atoms. The number of benzene rings is 3. The molecule has 1 fully saturated rings.